The van der Waals surface area contributed by atoms with Gasteiger partial charge >= 0.3 is 0 Å². The van der Waals surface area contributed by atoms with E-state index in [1.807, 2.05) is 0 Å². The summed E-state index contributed by atoms with van der Waals surface area (Å²) in [6.45, 7) is 2.14. The molecule has 0 unspecified atom stereocenters. The molecule has 1 aromatic heterocycles. The van der Waals surface area contributed by atoms with Gasteiger partial charge in [0.2, 0.25) is 11.8 Å². The van der Waals surface area contributed by atoms with Gasteiger partial charge in [-0.15, -0.1) is 0 Å². The molecule has 1 heterocycles. The second kappa shape index (κ2) is 7.43. The summed E-state index contributed by atoms with van der Waals surface area (Å²) in [4.78, 5) is 15.8. The van der Waals surface area contributed by atoms with Crippen LogP contribution >= 0.6 is 23.2 Å². The first-order valence-electron chi connectivity index (χ1n) is 6.54. The van der Waals surface area contributed by atoms with Gasteiger partial charge in [0.05, 0.1) is 0 Å². The van der Waals surface area contributed by atoms with Crippen LogP contribution in [-0.4, -0.2) is 16.0 Å². The van der Waals surface area contributed by atoms with Crippen molar-refractivity contribution in [3.63, 3.8) is 0 Å². The number of aryl methyl sites for hydroxylation is 2. The lowest BCUT2D eigenvalue weighted by Crippen LogP contribution is -2.22. The van der Waals surface area contributed by atoms with Gasteiger partial charge < -0.3 is 9.84 Å². The number of amides is 1. The van der Waals surface area contributed by atoms with Crippen molar-refractivity contribution in [1.82, 2.24) is 15.5 Å². The van der Waals surface area contributed by atoms with Crippen molar-refractivity contribution in [2.45, 2.75) is 32.7 Å². The fourth-order valence-electron chi connectivity index (χ4n) is 1.79. The first-order chi connectivity index (χ1) is 10.0. The van der Waals surface area contributed by atoms with Crippen LogP contribution in [0.5, 0.6) is 0 Å². The Kier molecular flexibility index (Phi) is 5.59. The average molecular weight is 328 g/mol. The van der Waals surface area contributed by atoms with E-state index in [2.05, 4.69) is 15.5 Å². The van der Waals surface area contributed by atoms with Crippen LogP contribution < -0.4 is 5.32 Å². The van der Waals surface area contributed by atoms with Gasteiger partial charge in [-0.3, -0.25) is 4.79 Å². The van der Waals surface area contributed by atoms with Gasteiger partial charge in [0.15, 0.2) is 5.82 Å². The second-order valence-corrected chi connectivity index (χ2v) is 5.44. The molecule has 21 heavy (non-hydrogen) atoms. The van der Waals surface area contributed by atoms with E-state index in [0.717, 1.165) is 5.56 Å². The van der Waals surface area contributed by atoms with Crippen LogP contribution in [0.1, 0.15) is 30.1 Å². The van der Waals surface area contributed by atoms with Crippen LogP contribution in [0.2, 0.25) is 10.0 Å². The van der Waals surface area contributed by atoms with Crippen molar-refractivity contribution in [3.05, 3.63) is 45.5 Å². The van der Waals surface area contributed by atoms with Gasteiger partial charge in [0.1, 0.15) is 0 Å². The molecule has 0 bridgehead atoms. The molecule has 1 N–H and O–H groups in total. The predicted molar refractivity (Wildman–Crippen MR) is 80.3 cm³/mol. The summed E-state index contributed by atoms with van der Waals surface area (Å²) < 4.78 is 4.98. The third-order valence-electron chi connectivity index (χ3n) is 2.86. The van der Waals surface area contributed by atoms with Gasteiger partial charge in [-0.2, -0.15) is 4.98 Å². The summed E-state index contributed by atoms with van der Waals surface area (Å²) >= 11 is 11.9. The van der Waals surface area contributed by atoms with E-state index < -0.39 is 0 Å². The monoisotopic (exact) mass is 327 g/mol. The molecule has 112 valence electrons. The minimum absolute atomic E-state index is 0.0442. The number of nitrogens with one attached hydrogen (secondary N) is 1. The normalized spacial score (nSPS) is 10.6. The van der Waals surface area contributed by atoms with Crippen molar-refractivity contribution in [2.75, 3.05) is 0 Å². The summed E-state index contributed by atoms with van der Waals surface area (Å²) in [5.41, 5.74) is 0.835. The van der Waals surface area contributed by atoms with Crippen molar-refractivity contribution in [2.24, 2.45) is 0 Å². The molecule has 1 aromatic carbocycles. The maximum absolute atomic E-state index is 11.7. The highest BCUT2D eigenvalue weighted by Gasteiger charge is 2.07. The van der Waals surface area contributed by atoms with E-state index in [0.29, 0.717) is 47.6 Å². The number of nitrogens with zero attached hydrogens (tertiary/aromatic N) is 2. The highest BCUT2D eigenvalue weighted by Crippen LogP contribution is 2.20. The Morgan fingerprint density at radius 1 is 1.38 bits per heavy atom. The molecule has 0 aliphatic carbocycles. The molecule has 0 atom stereocenters. The van der Waals surface area contributed by atoms with E-state index in [4.69, 9.17) is 27.7 Å². The zero-order chi connectivity index (χ0) is 15.2. The summed E-state index contributed by atoms with van der Waals surface area (Å²) in [6, 6.07) is 5.20. The van der Waals surface area contributed by atoms with Crippen molar-refractivity contribution in [1.29, 1.82) is 0 Å². The smallest absolute Gasteiger partial charge is 0.226 e. The zero-order valence-electron chi connectivity index (χ0n) is 11.5. The number of hydrogen-bond donors (Lipinski definition) is 1. The van der Waals surface area contributed by atoms with Gasteiger partial charge in [0, 0.05) is 29.4 Å². The third-order valence-corrected chi connectivity index (χ3v) is 3.44. The molecule has 0 radical (unpaired) electrons. The summed E-state index contributed by atoms with van der Waals surface area (Å²) in [6.07, 6.45) is 1.64. The SMILES string of the molecule is Cc1noc(CCCC(=O)NCc2ccc(Cl)cc2Cl)n1. The Morgan fingerprint density at radius 2 is 2.19 bits per heavy atom. The van der Waals surface area contributed by atoms with Gasteiger partial charge in [-0.05, 0) is 31.0 Å². The molecule has 0 spiro atoms. The number of hydrogen-bond acceptors (Lipinski definition) is 4. The molecule has 2 rings (SSSR count). The highest BCUT2D eigenvalue weighted by atomic mass is 35.5. The van der Waals surface area contributed by atoms with E-state index in [-0.39, 0.29) is 5.91 Å². The lowest BCUT2D eigenvalue weighted by Gasteiger charge is -2.07. The first kappa shape index (κ1) is 15.8. The molecule has 1 amide bonds. The average Bonchev–Trinajstić information content (AvgIpc) is 2.83. The third kappa shape index (κ3) is 5.02. The molecular weight excluding hydrogens is 313 g/mol. The summed E-state index contributed by atoms with van der Waals surface area (Å²) in [5, 5.41) is 7.63. The Balaban J connectivity index is 1.72. The quantitative estimate of drug-likeness (QED) is 0.883. The molecule has 7 heteroatoms. The molecule has 0 saturated heterocycles. The molecule has 2 aromatic rings. The van der Waals surface area contributed by atoms with Crippen LogP contribution in [0.25, 0.3) is 0 Å². The number of halogens is 2. The van der Waals surface area contributed by atoms with Crippen molar-refractivity contribution >= 4 is 29.1 Å². The van der Waals surface area contributed by atoms with Gasteiger partial charge in [-0.25, -0.2) is 0 Å². The van der Waals surface area contributed by atoms with E-state index in [1.54, 1.807) is 25.1 Å². The van der Waals surface area contributed by atoms with Crippen LogP contribution in [0, 0.1) is 6.92 Å². The first-order valence-corrected chi connectivity index (χ1v) is 7.30. The molecular formula is C14H15Cl2N3O2. The topological polar surface area (TPSA) is 68.0 Å². The van der Waals surface area contributed by atoms with Crippen molar-refractivity contribution in [3.8, 4) is 0 Å². The Hall–Kier alpha value is -1.59. The van der Waals surface area contributed by atoms with Crippen LogP contribution in [0.4, 0.5) is 0 Å². The molecule has 0 aliphatic rings. The number of carbonyl (C=O) groups is 1. The minimum atomic E-state index is -0.0442. The number of carbonyl (C=O) groups excluding carboxylic acids is 1. The van der Waals surface area contributed by atoms with E-state index in [1.165, 1.54) is 0 Å². The second-order valence-electron chi connectivity index (χ2n) is 4.60. The fraction of sp³-hybridized carbons (Fsp3) is 0.357. The highest BCUT2D eigenvalue weighted by molar-refractivity contribution is 6.35. The predicted octanol–water partition coefficient (Wildman–Crippen LogP) is 3.32. The maximum Gasteiger partial charge on any atom is 0.226 e. The zero-order valence-corrected chi connectivity index (χ0v) is 13.0. The molecule has 5 nitrogen and oxygen atoms in total. The summed E-state index contributed by atoms with van der Waals surface area (Å²) in [5.74, 6) is 1.12. The Morgan fingerprint density at radius 3 is 2.86 bits per heavy atom. The standard InChI is InChI=1S/C14H15Cl2N3O2/c1-9-18-14(21-19-9)4-2-3-13(20)17-8-10-5-6-11(15)7-12(10)16/h5-7H,2-4,8H2,1H3,(H,17,20). The number of aromatic nitrogens is 2. The van der Waals surface area contributed by atoms with E-state index >= 15 is 0 Å². The molecule has 0 saturated carbocycles. The Bertz CT molecular complexity index is 628. The fourth-order valence-corrected chi connectivity index (χ4v) is 2.26. The van der Waals surface area contributed by atoms with Crippen LogP contribution in [-0.2, 0) is 17.8 Å². The summed E-state index contributed by atoms with van der Waals surface area (Å²) in [7, 11) is 0. The maximum atomic E-state index is 11.7. The van der Waals surface area contributed by atoms with Gasteiger partial charge in [0.25, 0.3) is 0 Å². The molecule has 0 fully saturated rings. The molecule has 0 aliphatic heterocycles. The van der Waals surface area contributed by atoms with E-state index in [9.17, 15) is 4.79 Å². The number of benzene rings is 1. The minimum Gasteiger partial charge on any atom is -0.352 e. The lowest BCUT2D eigenvalue weighted by atomic mass is 10.2. The Labute approximate surface area is 132 Å². The van der Waals surface area contributed by atoms with Crippen LogP contribution in [0.3, 0.4) is 0 Å². The largest absolute Gasteiger partial charge is 0.352 e. The lowest BCUT2D eigenvalue weighted by molar-refractivity contribution is -0.121. The van der Waals surface area contributed by atoms with Gasteiger partial charge in [-0.1, -0.05) is 34.4 Å². The van der Waals surface area contributed by atoms with Crippen LogP contribution in [0.15, 0.2) is 22.7 Å². The van der Waals surface area contributed by atoms with Crippen molar-refractivity contribution < 1.29 is 9.32 Å². The number of rotatable bonds is 6.